The molecule has 2 rings (SSSR count). The zero-order chi connectivity index (χ0) is 19.8. The van der Waals surface area contributed by atoms with Gasteiger partial charge in [0.2, 0.25) is 5.91 Å². The maximum atomic E-state index is 14.1. The van der Waals surface area contributed by atoms with Crippen LogP contribution in [0.1, 0.15) is 31.2 Å². The topological polar surface area (TPSA) is 20.3 Å². The molecule has 0 radical (unpaired) electrons. The van der Waals surface area contributed by atoms with Crippen molar-refractivity contribution in [3.8, 4) is 0 Å². The zero-order valence-electron chi connectivity index (χ0n) is 13.7. The Hall–Kier alpha value is -2.06. The molecular formula is C17H16F7NO. The number of nitrogens with zero attached hydrogens (tertiary/aromatic N) is 1. The molecule has 0 N–H and O–H groups in total. The predicted octanol–water partition coefficient (Wildman–Crippen LogP) is 4.70. The van der Waals surface area contributed by atoms with Crippen molar-refractivity contribution in [2.45, 2.75) is 37.9 Å². The molecule has 1 fully saturated rings. The van der Waals surface area contributed by atoms with Crippen molar-refractivity contribution < 1.29 is 35.5 Å². The van der Waals surface area contributed by atoms with Gasteiger partial charge in [0.1, 0.15) is 6.54 Å². The number of piperidine rings is 1. The van der Waals surface area contributed by atoms with Crippen LogP contribution in [0.25, 0.3) is 0 Å². The highest BCUT2D eigenvalue weighted by Crippen LogP contribution is 2.41. The van der Waals surface area contributed by atoms with Gasteiger partial charge in [-0.2, -0.15) is 13.2 Å². The average Bonchev–Trinajstić information content (AvgIpc) is 2.53. The van der Waals surface area contributed by atoms with E-state index in [1.165, 1.54) is 13.0 Å². The fourth-order valence-electron chi connectivity index (χ4n) is 3.35. The Bertz CT molecular complexity index is 690. The normalized spacial score (nSPS) is 24.1. The fraction of sp³-hybridized carbons (Fsp3) is 0.471. The number of benzene rings is 1. The minimum absolute atomic E-state index is 0.0293. The summed E-state index contributed by atoms with van der Waals surface area (Å²) in [5.41, 5.74) is -0.983. The third kappa shape index (κ3) is 3.86. The summed E-state index contributed by atoms with van der Waals surface area (Å²) in [7, 11) is 0. The van der Waals surface area contributed by atoms with Gasteiger partial charge in [0.05, 0.1) is 0 Å². The Morgan fingerprint density at radius 1 is 1.19 bits per heavy atom. The summed E-state index contributed by atoms with van der Waals surface area (Å²) >= 11 is 0. The number of allylic oxidation sites excluding steroid dienone is 1. The lowest BCUT2D eigenvalue weighted by Gasteiger charge is -2.43. The van der Waals surface area contributed by atoms with Crippen LogP contribution in [0.3, 0.4) is 0 Å². The van der Waals surface area contributed by atoms with Crippen LogP contribution < -0.4 is 0 Å². The Labute approximate surface area is 145 Å². The molecule has 1 heterocycles. The van der Waals surface area contributed by atoms with Crippen molar-refractivity contribution in [1.82, 2.24) is 4.90 Å². The van der Waals surface area contributed by atoms with Gasteiger partial charge in [0, 0.05) is 29.5 Å². The second kappa shape index (κ2) is 7.28. The SMILES string of the molecule is C=CCC1CC(c2c(F)c(F)cc(F)c2F)C(C)N(CC(F)(F)F)C1=O. The molecule has 2 nitrogen and oxygen atoms in total. The number of amides is 1. The molecule has 1 aliphatic rings. The van der Waals surface area contributed by atoms with Crippen LogP contribution in [0.2, 0.25) is 0 Å². The lowest BCUT2D eigenvalue weighted by molar-refractivity contribution is -0.173. The standard InChI is InChI=1S/C17H16F7NO/c1-3-4-9-5-10(8(2)25(16(9)26)7-17(22,23)24)13-14(20)11(18)6-12(19)15(13)21/h3,6,8-10H,1,4-5,7H2,2H3. The van der Waals surface area contributed by atoms with Gasteiger partial charge in [-0.05, 0) is 19.8 Å². The second-order valence-corrected chi connectivity index (χ2v) is 6.27. The van der Waals surface area contributed by atoms with E-state index >= 15 is 0 Å². The number of carbonyl (C=O) groups is 1. The fourth-order valence-corrected chi connectivity index (χ4v) is 3.35. The van der Waals surface area contributed by atoms with Gasteiger partial charge < -0.3 is 4.90 Å². The van der Waals surface area contributed by atoms with E-state index < -0.39 is 65.3 Å². The Balaban J connectivity index is 2.54. The Morgan fingerprint density at radius 2 is 1.73 bits per heavy atom. The minimum Gasteiger partial charge on any atom is -0.330 e. The van der Waals surface area contributed by atoms with Crippen molar-refractivity contribution >= 4 is 5.91 Å². The summed E-state index contributed by atoms with van der Waals surface area (Å²) in [6.45, 7) is 2.95. The van der Waals surface area contributed by atoms with E-state index in [0.717, 1.165) is 0 Å². The van der Waals surface area contributed by atoms with E-state index in [1.807, 2.05) is 0 Å². The molecule has 1 aromatic carbocycles. The van der Waals surface area contributed by atoms with Gasteiger partial charge >= 0.3 is 6.18 Å². The lowest BCUT2D eigenvalue weighted by atomic mass is 9.77. The van der Waals surface area contributed by atoms with Crippen molar-refractivity contribution in [2.24, 2.45) is 5.92 Å². The highest BCUT2D eigenvalue weighted by Gasteiger charge is 2.46. The van der Waals surface area contributed by atoms with Gasteiger partial charge in [0.15, 0.2) is 23.3 Å². The Kier molecular flexibility index (Phi) is 5.67. The lowest BCUT2D eigenvalue weighted by Crippen LogP contribution is -2.53. The first-order valence-electron chi connectivity index (χ1n) is 7.79. The number of hydrogen-bond acceptors (Lipinski definition) is 1. The summed E-state index contributed by atoms with van der Waals surface area (Å²) in [5.74, 6) is -9.84. The molecule has 0 saturated carbocycles. The number of carbonyl (C=O) groups excluding carboxylic acids is 1. The van der Waals surface area contributed by atoms with Crippen molar-refractivity contribution in [1.29, 1.82) is 0 Å². The van der Waals surface area contributed by atoms with Gasteiger partial charge in [-0.1, -0.05) is 6.08 Å². The highest BCUT2D eigenvalue weighted by atomic mass is 19.4. The molecular weight excluding hydrogens is 367 g/mol. The first-order valence-corrected chi connectivity index (χ1v) is 7.79. The van der Waals surface area contributed by atoms with E-state index in [-0.39, 0.29) is 18.9 Å². The maximum Gasteiger partial charge on any atom is 0.406 e. The second-order valence-electron chi connectivity index (χ2n) is 6.27. The molecule has 0 bridgehead atoms. The molecule has 1 amide bonds. The van der Waals surface area contributed by atoms with Crippen molar-refractivity contribution in [3.05, 3.63) is 47.6 Å². The van der Waals surface area contributed by atoms with Gasteiger partial charge in [-0.25, -0.2) is 17.6 Å². The van der Waals surface area contributed by atoms with Gasteiger partial charge in [-0.15, -0.1) is 6.58 Å². The van der Waals surface area contributed by atoms with Gasteiger partial charge in [0.25, 0.3) is 0 Å². The van der Waals surface area contributed by atoms with Crippen LogP contribution in [0.4, 0.5) is 30.7 Å². The molecule has 3 unspecified atom stereocenters. The number of alkyl halides is 3. The largest absolute Gasteiger partial charge is 0.406 e. The molecule has 0 spiro atoms. The van der Waals surface area contributed by atoms with Crippen LogP contribution in [0, 0.1) is 29.2 Å². The number of halogens is 7. The molecule has 3 atom stereocenters. The summed E-state index contributed by atoms with van der Waals surface area (Å²) in [6, 6.07) is -1.28. The maximum absolute atomic E-state index is 14.1. The van der Waals surface area contributed by atoms with Crippen LogP contribution in [0.5, 0.6) is 0 Å². The number of likely N-dealkylation sites (tertiary alicyclic amines) is 1. The quantitative estimate of drug-likeness (QED) is 0.419. The molecule has 1 aromatic rings. The molecule has 144 valence electrons. The Morgan fingerprint density at radius 3 is 2.19 bits per heavy atom. The molecule has 9 heteroatoms. The van der Waals surface area contributed by atoms with Crippen LogP contribution in [-0.4, -0.2) is 29.6 Å². The molecule has 1 aliphatic heterocycles. The third-order valence-electron chi connectivity index (χ3n) is 4.56. The summed E-state index contributed by atoms with van der Waals surface area (Å²) in [5, 5.41) is 0. The highest BCUT2D eigenvalue weighted by molar-refractivity contribution is 5.80. The van der Waals surface area contributed by atoms with Crippen molar-refractivity contribution in [2.75, 3.05) is 6.54 Å². The summed E-state index contributed by atoms with van der Waals surface area (Å²) < 4.78 is 93.9. The van der Waals surface area contributed by atoms with Crippen LogP contribution in [-0.2, 0) is 4.79 Å². The molecule has 0 aromatic heterocycles. The monoisotopic (exact) mass is 383 g/mol. The first-order chi connectivity index (χ1) is 12.0. The van der Waals surface area contributed by atoms with Crippen LogP contribution >= 0.6 is 0 Å². The summed E-state index contributed by atoms with van der Waals surface area (Å²) in [4.78, 5) is 12.8. The average molecular weight is 383 g/mol. The zero-order valence-corrected chi connectivity index (χ0v) is 13.7. The van der Waals surface area contributed by atoms with Crippen molar-refractivity contribution in [3.63, 3.8) is 0 Å². The van der Waals surface area contributed by atoms with E-state index in [4.69, 9.17) is 0 Å². The molecule has 1 saturated heterocycles. The van der Waals surface area contributed by atoms with E-state index in [9.17, 15) is 35.5 Å². The summed E-state index contributed by atoms with van der Waals surface area (Å²) in [6.07, 6.45) is -3.73. The number of hydrogen-bond donors (Lipinski definition) is 0. The number of rotatable bonds is 4. The van der Waals surface area contributed by atoms with E-state index in [2.05, 4.69) is 6.58 Å². The smallest absolute Gasteiger partial charge is 0.330 e. The van der Waals surface area contributed by atoms with E-state index in [0.29, 0.717) is 4.90 Å². The predicted molar refractivity (Wildman–Crippen MR) is 79.2 cm³/mol. The van der Waals surface area contributed by atoms with Gasteiger partial charge in [-0.3, -0.25) is 4.79 Å². The third-order valence-corrected chi connectivity index (χ3v) is 4.56. The molecule has 26 heavy (non-hydrogen) atoms. The first kappa shape index (κ1) is 20.3. The van der Waals surface area contributed by atoms with Crippen LogP contribution in [0.15, 0.2) is 18.7 Å². The minimum atomic E-state index is -4.74. The molecule has 0 aliphatic carbocycles. The van der Waals surface area contributed by atoms with E-state index in [1.54, 1.807) is 0 Å².